The first-order valence-electron chi connectivity index (χ1n) is 5.33. The first-order valence-corrected chi connectivity index (χ1v) is 5.33. The minimum atomic E-state index is -4.30. The Balaban J connectivity index is 2.19. The molecule has 1 heterocycles. The van der Waals surface area contributed by atoms with Crippen LogP contribution in [0.4, 0.5) is 24.8 Å². The molecular formula is C10H13F3N4O. The Labute approximate surface area is 102 Å². The van der Waals surface area contributed by atoms with Crippen molar-refractivity contribution in [2.24, 2.45) is 0 Å². The number of aromatic nitrogens is 2. The molecule has 3 N–H and O–H groups in total. The van der Waals surface area contributed by atoms with E-state index >= 15 is 0 Å². The van der Waals surface area contributed by atoms with E-state index in [0.717, 1.165) is 0 Å². The maximum atomic E-state index is 12.8. The van der Waals surface area contributed by atoms with E-state index in [-0.39, 0.29) is 36.9 Å². The molecule has 0 unspecified atom stereocenters. The normalized spacial score (nSPS) is 17.6. The number of nitrogens with zero attached hydrogens (tertiary/aromatic N) is 2. The molecule has 0 atom stereocenters. The molecule has 0 bridgehead atoms. The van der Waals surface area contributed by atoms with Gasteiger partial charge in [-0.2, -0.15) is 13.2 Å². The molecule has 8 heteroatoms. The zero-order valence-electron chi connectivity index (χ0n) is 9.71. The van der Waals surface area contributed by atoms with Crippen molar-refractivity contribution in [2.75, 3.05) is 18.2 Å². The monoisotopic (exact) mass is 262 g/mol. The highest BCUT2D eigenvalue weighted by molar-refractivity contribution is 5.48. The number of nitrogens with one attached hydrogen (secondary N) is 1. The van der Waals surface area contributed by atoms with Gasteiger partial charge in [0.15, 0.2) is 5.82 Å². The molecule has 0 spiro atoms. The van der Waals surface area contributed by atoms with Crippen molar-refractivity contribution in [3.63, 3.8) is 0 Å². The topological polar surface area (TPSA) is 73.1 Å². The van der Waals surface area contributed by atoms with Crippen LogP contribution < -0.4 is 11.1 Å². The molecular weight excluding hydrogens is 249 g/mol. The van der Waals surface area contributed by atoms with E-state index in [1.807, 2.05) is 0 Å². The largest absolute Gasteiger partial charge is 0.411 e. The molecule has 1 aliphatic carbocycles. The van der Waals surface area contributed by atoms with Crippen molar-refractivity contribution in [3.8, 4) is 0 Å². The van der Waals surface area contributed by atoms with E-state index in [2.05, 4.69) is 15.3 Å². The fraction of sp³-hybridized carbons (Fsp3) is 0.600. The SMILES string of the molecule is COCc1nc(N)cc(NC2(C(F)(F)F)CC2)n1. The number of ether oxygens (including phenoxy) is 1. The second kappa shape index (κ2) is 4.27. The average molecular weight is 262 g/mol. The predicted molar refractivity (Wildman–Crippen MR) is 58.8 cm³/mol. The fourth-order valence-electron chi connectivity index (χ4n) is 1.62. The second-order valence-electron chi connectivity index (χ2n) is 4.23. The van der Waals surface area contributed by atoms with Gasteiger partial charge in [0.05, 0.1) is 0 Å². The zero-order chi connectivity index (χ0) is 13.4. The predicted octanol–water partition coefficient (Wildman–Crippen LogP) is 1.71. The third-order valence-electron chi connectivity index (χ3n) is 2.73. The van der Waals surface area contributed by atoms with Crippen LogP contribution in [0, 0.1) is 0 Å². The summed E-state index contributed by atoms with van der Waals surface area (Å²) in [6.07, 6.45) is -4.21. The van der Waals surface area contributed by atoms with Gasteiger partial charge >= 0.3 is 6.18 Å². The molecule has 2 rings (SSSR count). The molecule has 0 radical (unpaired) electrons. The highest BCUT2D eigenvalue weighted by atomic mass is 19.4. The van der Waals surface area contributed by atoms with E-state index in [1.165, 1.54) is 13.2 Å². The maximum absolute atomic E-state index is 12.8. The van der Waals surface area contributed by atoms with Crippen molar-refractivity contribution in [1.82, 2.24) is 9.97 Å². The maximum Gasteiger partial charge on any atom is 0.411 e. The van der Waals surface area contributed by atoms with E-state index in [4.69, 9.17) is 10.5 Å². The number of rotatable bonds is 4. The molecule has 0 saturated heterocycles. The summed E-state index contributed by atoms with van der Waals surface area (Å²) < 4.78 is 43.1. The fourth-order valence-corrected chi connectivity index (χ4v) is 1.62. The third kappa shape index (κ3) is 2.47. The van der Waals surface area contributed by atoms with Crippen molar-refractivity contribution < 1.29 is 17.9 Å². The van der Waals surface area contributed by atoms with Crippen LogP contribution in [0.15, 0.2) is 6.07 Å². The van der Waals surface area contributed by atoms with Crippen LogP contribution in [0.3, 0.4) is 0 Å². The van der Waals surface area contributed by atoms with Crippen LogP contribution in [-0.4, -0.2) is 28.8 Å². The first kappa shape index (κ1) is 12.9. The number of alkyl halides is 3. The average Bonchev–Trinajstić information content (AvgIpc) is 2.97. The van der Waals surface area contributed by atoms with Crippen molar-refractivity contribution >= 4 is 11.6 Å². The summed E-state index contributed by atoms with van der Waals surface area (Å²) in [4.78, 5) is 7.79. The lowest BCUT2D eigenvalue weighted by Crippen LogP contribution is -2.39. The molecule has 1 saturated carbocycles. The summed E-state index contributed by atoms with van der Waals surface area (Å²) in [6.45, 7) is 0.0960. The molecule has 1 aromatic rings. The van der Waals surface area contributed by atoms with Gasteiger partial charge in [-0.3, -0.25) is 0 Å². The van der Waals surface area contributed by atoms with Crippen LogP contribution in [-0.2, 0) is 11.3 Å². The Morgan fingerprint density at radius 1 is 1.44 bits per heavy atom. The molecule has 100 valence electrons. The standard InChI is InChI=1S/C10H13F3N4O/c1-18-5-8-15-6(14)4-7(16-8)17-9(2-3-9)10(11,12)13/h4H,2-3,5H2,1H3,(H3,14,15,16,17). The summed E-state index contributed by atoms with van der Waals surface area (Å²) in [6, 6.07) is 1.28. The Morgan fingerprint density at radius 3 is 2.61 bits per heavy atom. The van der Waals surface area contributed by atoms with Crippen LogP contribution in [0.2, 0.25) is 0 Å². The van der Waals surface area contributed by atoms with Gasteiger partial charge in [0, 0.05) is 13.2 Å². The lowest BCUT2D eigenvalue weighted by molar-refractivity contribution is -0.151. The quantitative estimate of drug-likeness (QED) is 0.864. The van der Waals surface area contributed by atoms with Crippen LogP contribution in [0.25, 0.3) is 0 Å². The molecule has 5 nitrogen and oxygen atoms in total. The van der Waals surface area contributed by atoms with Crippen LogP contribution in [0.1, 0.15) is 18.7 Å². The minimum Gasteiger partial charge on any atom is -0.384 e. The number of nitrogens with two attached hydrogens (primary N) is 1. The summed E-state index contributed by atoms with van der Waals surface area (Å²) in [5.41, 5.74) is 3.65. The molecule has 1 fully saturated rings. The molecule has 1 aromatic heterocycles. The molecule has 1 aliphatic rings. The van der Waals surface area contributed by atoms with E-state index in [9.17, 15) is 13.2 Å². The molecule has 0 aromatic carbocycles. The number of anilines is 2. The van der Waals surface area contributed by atoms with E-state index in [1.54, 1.807) is 0 Å². The Bertz CT molecular complexity index is 445. The highest BCUT2D eigenvalue weighted by Crippen LogP contribution is 2.50. The molecule has 18 heavy (non-hydrogen) atoms. The molecule has 0 aliphatic heterocycles. The van der Waals surface area contributed by atoms with Crippen molar-refractivity contribution in [3.05, 3.63) is 11.9 Å². The van der Waals surface area contributed by atoms with Gasteiger partial charge in [-0.15, -0.1) is 0 Å². The lowest BCUT2D eigenvalue weighted by Gasteiger charge is -2.21. The number of hydrogen-bond donors (Lipinski definition) is 2. The van der Waals surface area contributed by atoms with Gasteiger partial charge in [-0.05, 0) is 12.8 Å². The smallest absolute Gasteiger partial charge is 0.384 e. The Kier molecular flexibility index (Phi) is 3.05. The number of hydrogen-bond acceptors (Lipinski definition) is 5. The lowest BCUT2D eigenvalue weighted by atomic mass is 10.2. The third-order valence-corrected chi connectivity index (χ3v) is 2.73. The van der Waals surface area contributed by atoms with Gasteiger partial charge in [-0.1, -0.05) is 0 Å². The van der Waals surface area contributed by atoms with Gasteiger partial charge in [0.2, 0.25) is 0 Å². The van der Waals surface area contributed by atoms with Crippen molar-refractivity contribution in [1.29, 1.82) is 0 Å². The van der Waals surface area contributed by atoms with E-state index in [0.29, 0.717) is 0 Å². The van der Waals surface area contributed by atoms with Crippen molar-refractivity contribution in [2.45, 2.75) is 31.2 Å². The minimum absolute atomic E-state index is 0.0417. The Morgan fingerprint density at radius 2 is 2.11 bits per heavy atom. The van der Waals surface area contributed by atoms with Gasteiger partial charge in [0.1, 0.15) is 23.8 Å². The molecule has 0 amide bonds. The number of nitrogen functional groups attached to an aromatic ring is 1. The van der Waals surface area contributed by atoms with E-state index < -0.39 is 11.7 Å². The van der Waals surface area contributed by atoms with Gasteiger partial charge in [0.25, 0.3) is 0 Å². The number of halogens is 3. The van der Waals surface area contributed by atoms with Gasteiger partial charge < -0.3 is 15.8 Å². The van der Waals surface area contributed by atoms with Gasteiger partial charge in [-0.25, -0.2) is 9.97 Å². The summed E-state index contributed by atoms with van der Waals surface area (Å²) in [7, 11) is 1.44. The number of methoxy groups -OCH3 is 1. The summed E-state index contributed by atoms with van der Waals surface area (Å²) >= 11 is 0. The summed E-state index contributed by atoms with van der Waals surface area (Å²) in [5, 5.41) is 2.40. The summed E-state index contributed by atoms with van der Waals surface area (Å²) in [5.74, 6) is 0.430. The van der Waals surface area contributed by atoms with Crippen LogP contribution >= 0.6 is 0 Å². The zero-order valence-corrected chi connectivity index (χ0v) is 9.71. The Hall–Kier alpha value is -1.57. The second-order valence-corrected chi connectivity index (χ2v) is 4.23. The first-order chi connectivity index (χ1) is 8.36. The highest BCUT2D eigenvalue weighted by Gasteiger charge is 2.63. The van der Waals surface area contributed by atoms with Crippen LogP contribution in [0.5, 0.6) is 0 Å².